The molecule has 3 aliphatic rings. The van der Waals surface area contributed by atoms with Crippen LogP contribution in [0.5, 0.6) is 0 Å². The Kier molecular flexibility index (Phi) is 7.80. The second kappa shape index (κ2) is 10.4. The lowest BCUT2D eigenvalue weighted by Gasteiger charge is -2.35. The Morgan fingerprint density at radius 3 is 2.54 bits per heavy atom. The van der Waals surface area contributed by atoms with Gasteiger partial charge in [0.05, 0.1) is 29.7 Å². The van der Waals surface area contributed by atoms with Crippen LogP contribution in [0.4, 0.5) is 13.2 Å². The molecule has 0 bridgehead atoms. The Bertz CT molecular complexity index is 1010. The molecule has 1 saturated carbocycles. The standard InChI is InChI=1S/C24H34F3N3O4S/c1-16(2)12-22(29-8-10-34-11-9-29)23(31)28-21-7-6-17-14-30(15-20(17)21)35(32,33)19-5-3-4-18(13-19)24(25,26)27/h3-5,13,16-17,20-22H,6-12,14-15H2,1-2H3,(H,28,31)/t17-,20+,21+,22-/m0/s1. The molecular weight excluding hydrogens is 483 g/mol. The summed E-state index contributed by atoms with van der Waals surface area (Å²) in [6.45, 7) is 7.21. The zero-order valence-corrected chi connectivity index (χ0v) is 20.9. The maximum atomic E-state index is 13.3. The van der Waals surface area contributed by atoms with E-state index in [9.17, 15) is 26.4 Å². The number of nitrogens with one attached hydrogen (secondary N) is 1. The summed E-state index contributed by atoms with van der Waals surface area (Å²) in [4.78, 5) is 15.1. The molecule has 35 heavy (non-hydrogen) atoms. The van der Waals surface area contributed by atoms with Crippen molar-refractivity contribution in [3.8, 4) is 0 Å². The van der Waals surface area contributed by atoms with Crippen molar-refractivity contribution in [3.05, 3.63) is 29.8 Å². The summed E-state index contributed by atoms with van der Waals surface area (Å²) in [5.74, 6) is 0.326. The van der Waals surface area contributed by atoms with Gasteiger partial charge >= 0.3 is 6.18 Å². The molecule has 7 nitrogen and oxygen atoms in total. The number of sulfonamides is 1. The highest BCUT2D eigenvalue weighted by atomic mass is 32.2. The van der Waals surface area contributed by atoms with Gasteiger partial charge in [0.15, 0.2) is 0 Å². The number of nitrogens with zero attached hydrogens (tertiary/aromatic N) is 2. The first-order valence-electron chi connectivity index (χ1n) is 12.3. The van der Waals surface area contributed by atoms with E-state index in [1.54, 1.807) is 0 Å². The van der Waals surface area contributed by atoms with Gasteiger partial charge in [0.25, 0.3) is 0 Å². The Morgan fingerprint density at radius 2 is 1.89 bits per heavy atom. The fourth-order valence-electron chi connectivity index (χ4n) is 5.62. The second-order valence-corrected chi connectivity index (χ2v) is 12.2. The number of rotatable bonds is 7. The third-order valence-electron chi connectivity index (χ3n) is 7.43. The van der Waals surface area contributed by atoms with Crippen molar-refractivity contribution in [2.45, 2.75) is 56.3 Å². The van der Waals surface area contributed by atoms with Gasteiger partial charge in [-0.1, -0.05) is 19.9 Å². The Morgan fingerprint density at radius 1 is 1.17 bits per heavy atom. The summed E-state index contributed by atoms with van der Waals surface area (Å²) in [5, 5.41) is 3.20. The molecule has 0 aromatic heterocycles. The zero-order valence-electron chi connectivity index (χ0n) is 20.1. The lowest BCUT2D eigenvalue weighted by atomic mass is 9.96. The van der Waals surface area contributed by atoms with Crippen LogP contribution in [0.15, 0.2) is 29.2 Å². The monoisotopic (exact) mass is 517 g/mol. The van der Waals surface area contributed by atoms with E-state index in [-0.39, 0.29) is 47.8 Å². The van der Waals surface area contributed by atoms with Crippen LogP contribution in [0.1, 0.15) is 38.7 Å². The van der Waals surface area contributed by atoms with Gasteiger partial charge in [-0.2, -0.15) is 17.5 Å². The first-order chi connectivity index (χ1) is 16.5. The minimum Gasteiger partial charge on any atom is -0.379 e. The van der Waals surface area contributed by atoms with Crippen LogP contribution in [0.2, 0.25) is 0 Å². The number of fused-ring (bicyclic) bond motifs is 1. The molecule has 0 unspecified atom stereocenters. The number of ether oxygens (including phenoxy) is 1. The fraction of sp³-hybridized carbons (Fsp3) is 0.708. The number of morpholine rings is 1. The highest BCUT2D eigenvalue weighted by Crippen LogP contribution is 2.41. The second-order valence-electron chi connectivity index (χ2n) is 10.3. The highest BCUT2D eigenvalue weighted by Gasteiger charge is 2.47. The molecule has 2 saturated heterocycles. The molecule has 2 aliphatic heterocycles. The van der Waals surface area contributed by atoms with Gasteiger partial charge in [0.2, 0.25) is 15.9 Å². The molecule has 1 N–H and O–H groups in total. The number of amides is 1. The third kappa shape index (κ3) is 5.84. The van der Waals surface area contributed by atoms with Gasteiger partial charge < -0.3 is 10.1 Å². The molecule has 4 rings (SSSR count). The first kappa shape index (κ1) is 26.4. The quantitative estimate of drug-likeness (QED) is 0.602. The van der Waals surface area contributed by atoms with Crippen molar-refractivity contribution in [3.63, 3.8) is 0 Å². The van der Waals surface area contributed by atoms with Crippen molar-refractivity contribution < 1.29 is 31.1 Å². The number of benzene rings is 1. The van der Waals surface area contributed by atoms with Crippen molar-refractivity contribution >= 4 is 15.9 Å². The molecule has 11 heteroatoms. The SMILES string of the molecule is CC(C)C[C@@H](C(=O)N[C@@H]1CC[C@H]2CN(S(=O)(=O)c3cccc(C(F)(F)F)c3)C[C@H]21)N1CCOCC1. The molecule has 0 radical (unpaired) electrons. The zero-order chi connectivity index (χ0) is 25.4. The first-order valence-corrected chi connectivity index (χ1v) is 13.7. The van der Waals surface area contributed by atoms with E-state index in [2.05, 4.69) is 24.1 Å². The average molecular weight is 518 g/mol. The van der Waals surface area contributed by atoms with E-state index in [4.69, 9.17) is 4.74 Å². The summed E-state index contributed by atoms with van der Waals surface area (Å²) in [6, 6.07) is 3.48. The fourth-order valence-corrected chi connectivity index (χ4v) is 7.20. The molecule has 2 heterocycles. The normalized spacial score (nSPS) is 27.2. The Balaban J connectivity index is 1.45. The molecule has 1 aromatic rings. The van der Waals surface area contributed by atoms with E-state index < -0.39 is 21.8 Å². The topological polar surface area (TPSA) is 79.0 Å². The van der Waals surface area contributed by atoms with E-state index in [0.29, 0.717) is 38.3 Å². The van der Waals surface area contributed by atoms with Gasteiger partial charge in [-0.25, -0.2) is 8.42 Å². The van der Waals surface area contributed by atoms with Crippen molar-refractivity contribution in [1.29, 1.82) is 0 Å². The summed E-state index contributed by atoms with van der Waals surface area (Å²) in [6.07, 6.45) is -2.34. The van der Waals surface area contributed by atoms with Crippen molar-refractivity contribution in [1.82, 2.24) is 14.5 Å². The number of halogens is 3. The van der Waals surface area contributed by atoms with Crippen LogP contribution in [0.3, 0.4) is 0 Å². The molecule has 1 aliphatic carbocycles. The molecule has 0 spiro atoms. The van der Waals surface area contributed by atoms with E-state index in [1.807, 2.05) is 0 Å². The maximum absolute atomic E-state index is 13.3. The molecule has 3 fully saturated rings. The minimum atomic E-state index is -4.62. The van der Waals surface area contributed by atoms with Crippen LogP contribution in [-0.2, 0) is 25.7 Å². The van der Waals surface area contributed by atoms with E-state index in [1.165, 1.54) is 10.4 Å². The van der Waals surface area contributed by atoms with Crippen LogP contribution in [-0.4, -0.2) is 75.0 Å². The van der Waals surface area contributed by atoms with E-state index >= 15 is 0 Å². The molecule has 196 valence electrons. The Hall–Kier alpha value is -1.69. The highest BCUT2D eigenvalue weighted by molar-refractivity contribution is 7.89. The largest absolute Gasteiger partial charge is 0.416 e. The lowest BCUT2D eigenvalue weighted by molar-refractivity contribution is -0.137. The van der Waals surface area contributed by atoms with Gasteiger partial charge in [0.1, 0.15) is 0 Å². The molecule has 1 amide bonds. The summed E-state index contributed by atoms with van der Waals surface area (Å²) < 4.78 is 72.4. The third-order valence-corrected chi connectivity index (χ3v) is 9.26. The number of alkyl halides is 3. The van der Waals surface area contributed by atoms with E-state index in [0.717, 1.165) is 31.4 Å². The molecular formula is C24H34F3N3O4S. The maximum Gasteiger partial charge on any atom is 0.416 e. The molecule has 1 aromatic carbocycles. The number of carbonyl (C=O) groups is 1. The Labute approximate surface area is 205 Å². The summed E-state index contributed by atoms with van der Waals surface area (Å²) in [5.41, 5.74) is -0.984. The summed E-state index contributed by atoms with van der Waals surface area (Å²) in [7, 11) is -4.07. The minimum absolute atomic E-state index is 0.0366. The molecule has 4 atom stereocenters. The van der Waals surface area contributed by atoms with Gasteiger partial charge in [-0.3, -0.25) is 9.69 Å². The predicted octanol–water partition coefficient (Wildman–Crippen LogP) is 2.97. The lowest BCUT2D eigenvalue weighted by Crippen LogP contribution is -2.54. The predicted molar refractivity (Wildman–Crippen MR) is 124 cm³/mol. The van der Waals surface area contributed by atoms with Crippen LogP contribution >= 0.6 is 0 Å². The van der Waals surface area contributed by atoms with Gasteiger partial charge in [0, 0.05) is 32.2 Å². The van der Waals surface area contributed by atoms with Crippen LogP contribution in [0.25, 0.3) is 0 Å². The van der Waals surface area contributed by atoms with Gasteiger partial charge in [-0.05, 0) is 55.2 Å². The number of hydrogen-bond acceptors (Lipinski definition) is 5. The van der Waals surface area contributed by atoms with Crippen LogP contribution < -0.4 is 5.32 Å². The number of carbonyl (C=O) groups excluding carboxylic acids is 1. The summed E-state index contributed by atoms with van der Waals surface area (Å²) >= 11 is 0. The van der Waals surface area contributed by atoms with Gasteiger partial charge in [-0.15, -0.1) is 0 Å². The number of hydrogen-bond donors (Lipinski definition) is 1. The van der Waals surface area contributed by atoms with Crippen molar-refractivity contribution in [2.75, 3.05) is 39.4 Å². The van der Waals surface area contributed by atoms with Crippen molar-refractivity contribution in [2.24, 2.45) is 17.8 Å². The van der Waals surface area contributed by atoms with Crippen LogP contribution in [0, 0.1) is 17.8 Å². The smallest absolute Gasteiger partial charge is 0.379 e. The average Bonchev–Trinajstić information content (AvgIpc) is 3.40.